The van der Waals surface area contributed by atoms with E-state index in [1.807, 2.05) is 11.7 Å². The van der Waals surface area contributed by atoms with Crippen LogP contribution in [0.2, 0.25) is 0 Å². The van der Waals surface area contributed by atoms with Crippen molar-refractivity contribution < 1.29 is 0 Å². The summed E-state index contributed by atoms with van der Waals surface area (Å²) in [6.45, 7) is 4.47. The minimum absolute atomic E-state index is 0.270. The van der Waals surface area contributed by atoms with Crippen molar-refractivity contribution in [1.29, 1.82) is 0 Å². The maximum atomic E-state index is 6.40. The molecule has 0 amide bonds. The summed E-state index contributed by atoms with van der Waals surface area (Å²) in [5, 5.41) is 4.54. The molecular formula is C14H24BrN3. The zero-order chi connectivity index (χ0) is 13.3. The van der Waals surface area contributed by atoms with Crippen LogP contribution in [0.1, 0.15) is 44.5 Å². The van der Waals surface area contributed by atoms with E-state index in [9.17, 15) is 0 Å². The lowest BCUT2D eigenvalue weighted by Crippen LogP contribution is -2.31. The molecule has 102 valence electrons. The number of aromatic nitrogens is 2. The first-order chi connectivity index (χ1) is 8.52. The summed E-state index contributed by atoms with van der Waals surface area (Å²) in [4.78, 5) is 0. The van der Waals surface area contributed by atoms with Gasteiger partial charge in [-0.1, -0.05) is 20.3 Å². The topological polar surface area (TPSA) is 43.8 Å². The van der Waals surface area contributed by atoms with Crippen molar-refractivity contribution in [2.45, 2.75) is 52.0 Å². The molecule has 1 aliphatic rings. The van der Waals surface area contributed by atoms with Crippen LogP contribution in [-0.4, -0.2) is 15.8 Å². The molecule has 0 aromatic carbocycles. The Hall–Kier alpha value is -0.350. The molecule has 3 nitrogen and oxygen atoms in total. The second-order valence-corrected chi connectivity index (χ2v) is 6.52. The number of nitrogens with two attached hydrogens (primary N) is 1. The minimum atomic E-state index is 0.270. The van der Waals surface area contributed by atoms with E-state index in [1.54, 1.807) is 0 Å². The molecule has 0 aliphatic heterocycles. The highest BCUT2D eigenvalue weighted by atomic mass is 79.9. The zero-order valence-corrected chi connectivity index (χ0v) is 13.2. The van der Waals surface area contributed by atoms with Crippen LogP contribution in [0.15, 0.2) is 4.47 Å². The number of halogens is 1. The minimum Gasteiger partial charge on any atom is -0.327 e. The van der Waals surface area contributed by atoms with E-state index in [-0.39, 0.29) is 6.04 Å². The summed E-state index contributed by atoms with van der Waals surface area (Å²) < 4.78 is 3.15. The van der Waals surface area contributed by atoms with Crippen LogP contribution < -0.4 is 5.73 Å². The van der Waals surface area contributed by atoms with Crippen molar-refractivity contribution >= 4 is 15.9 Å². The van der Waals surface area contributed by atoms with Gasteiger partial charge in [-0.25, -0.2) is 0 Å². The van der Waals surface area contributed by atoms with E-state index in [0.717, 1.165) is 28.9 Å². The third kappa shape index (κ3) is 2.80. The van der Waals surface area contributed by atoms with Crippen LogP contribution in [0.5, 0.6) is 0 Å². The molecule has 4 heteroatoms. The van der Waals surface area contributed by atoms with E-state index in [4.69, 9.17) is 5.73 Å². The van der Waals surface area contributed by atoms with Gasteiger partial charge in [-0.2, -0.15) is 5.10 Å². The molecule has 1 heterocycles. The first-order valence-electron chi connectivity index (χ1n) is 6.98. The second kappa shape index (κ2) is 5.74. The molecule has 0 saturated heterocycles. The highest BCUT2D eigenvalue weighted by Crippen LogP contribution is 2.33. The fourth-order valence-electron chi connectivity index (χ4n) is 3.07. The van der Waals surface area contributed by atoms with Crippen molar-refractivity contribution in [3.05, 3.63) is 15.9 Å². The summed E-state index contributed by atoms with van der Waals surface area (Å²) in [6, 6.07) is 0.270. The summed E-state index contributed by atoms with van der Waals surface area (Å²) in [5.41, 5.74) is 8.79. The maximum Gasteiger partial charge on any atom is 0.0766 e. The van der Waals surface area contributed by atoms with E-state index in [1.165, 1.54) is 25.0 Å². The van der Waals surface area contributed by atoms with E-state index >= 15 is 0 Å². The normalized spacial score (nSPS) is 25.6. The van der Waals surface area contributed by atoms with Gasteiger partial charge in [-0.15, -0.1) is 0 Å². The van der Waals surface area contributed by atoms with Crippen molar-refractivity contribution in [2.24, 2.45) is 24.6 Å². The van der Waals surface area contributed by atoms with Gasteiger partial charge >= 0.3 is 0 Å². The molecule has 3 atom stereocenters. The third-order valence-corrected chi connectivity index (χ3v) is 5.19. The van der Waals surface area contributed by atoms with Crippen molar-refractivity contribution in [3.8, 4) is 0 Å². The SMILES string of the molecule is CCc1nn(C)c(CC(N)C2CCC(C)C2)c1Br. The van der Waals surface area contributed by atoms with E-state index in [0.29, 0.717) is 5.92 Å². The van der Waals surface area contributed by atoms with E-state index < -0.39 is 0 Å². The van der Waals surface area contributed by atoms with Crippen LogP contribution in [0, 0.1) is 11.8 Å². The lowest BCUT2D eigenvalue weighted by molar-refractivity contribution is 0.408. The summed E-state index contributed by atoms with van der Waals surface area (Å²) in [6.07, 6.45) is 5.81. The summed E-state index contributed by atoms with van der Waals surface area (Å²) in [7, 11) is 2.02. The Morgan fingerprint density at radius 1 is 1.50 bits per heavy atom. The van der Waals surface area contributed by atoms with Crippen molar-refractivity contribution in [2.75, 3.05) is 0 Å². The van der Waals surface area contributed by atoms with Crippen LogP contribution in [0.25, 0.3) is 0 Å². The van der Waals surface area contributed by atoms with Crippen LogP contribution in [0.4, 0.5) is 0 Å². The van der Waals surface area contributed by atoms with Crippen molar-refractivity contribution in [1.82, 2.24) is 9.78 Å². The number of aryl methyl sites for hydroxylation is 2. The van der Waals surface area contributed by atoms with Gasteiger partial charge in [-0.05, 0) is 47.0 Å². The number of nitrogens with zero attached hydrogens (tertiary/aromatic N) is 2. The Balaban J connectivity index is 2.07. The first-order valence-corrected chi connectivity index (χ1v) is 7.78. The van der Waals surface area contributed by atoms with Gasteiger partial charge < -0.3 is 5.73 Å². The van der Waals surface area contributed by atoms with Crippen LogP contribution >= 0.6 is 15.9 Å². The lowest BCUT2D eigenvalue weighted by atomic mass is 9.94. The lowest BCUT2D eigenvalue weighted by Gasteiger charge is -2.19. The molecule has 3 unspecified atom stereocenters. The summed E-state index contributed by atoms with van der Waals surface area (Å²) in [5.74, 6) is 1.54. The molecule has 2 rings (SSSR count). The predicted molar refractivity (Wildman–Crippen MR) is 78.5 cm³/mol. The molecule has 1 fully saturated rings. The Labute approximate surface area is 118 Å². The largest absolute Gasteiger partial charge is 0.327 e. The fraction of sp³-hybridized carbons (Fsp3) is 0.786. The average Bonchev–Trinajstić information content (AvgIpc) is 2.87. The molecule has 0 radical (unpaired) electrons. The molecular weight excluding hydrogens is 290 g/mol. The third-order valence-electron chi connectivity index (χ3n) is 4.27. The van der Waals surface area contributed by atoms with Crippen molar-refractivity contribution in [3.63, 3.8) is 0 Å². The highest BCUT2D eigenvalue weighted by Gasteiger charge is 2.28. The zero-order valence-electron chi connectivity index (χ0n) is 11.6. The average molecular weight is 314 g/mol. The fourth-order valence-corrected chi connectivity index (χ4v) is 3.85. The predicted octanol–water partition coefficient (Wildman–Crippen LogP) is 3.05. The van der Waals surface area contributed by atoms with Crippen LogP contribution in [0.3, 0.4) is 0 Å². The smallest absolute Gasteiger partial charge is 0.0766 e. The Morgan fingerprint density at radius 2 is 2.22 bits per heavy atom. The van der Waals surface area contributed by atoms with Gasteiger partial charge in [0.05, 0.1) is 15.9 Å². The molecule has 1 aromatic heterocycles. The Morgan fingerprint density at radius 3 is 2.72 bits per heavy atom. The van der Waals surface area contributed by atoms with Gasteiger partial charge in [0.25, 0.3) is 0 Å². The quantitative estimate of drug-likeness (QED) is 0.928. The standard InChI is InChI=1S/C14H24BrN3/c1-4-12-14(15)13(18(3)17-12)8-11(16)10-6-5-9(2)7-10/h9-11H,4-8,16H2,1-3H3. The molecule has 1 aromatic rings. The second-order valence-electron chi connectivity index (χ2n) is 5.73. The number of rotatable bonds is 4. The first kappa shape index (κ1) is 14.1. The molecule has 2 N–H and O–H groups in total. The molecule has 0 spiro atoms. The monoisotopic (exact) mass is 313 g/mol. The Kier molecular flexibility index (Phi) is 4.49. The van der Waals surface area contributed by atoms with Gasteiger partial charge in [0.1, 0.15) is 0 Å². The van der Waals surface area contributed by atoms with Gasteiger partial charge in [-0.3, -0.25) is 4.68 Å². The van der Waals surface area contributed by atoms with E-state index in [2.05, 4.69) is 34.9 Å². The maximum absolute atomic E-state index is 6.40. The molecule has 1 aliphatic carbocycles. The Bertz CT molecular complexity index is 413. The number of hydrogen-bond donors (Lipinski definition) is 1. The summed E-state index contributed by atoms with van der Waals surface area (Å²) >= 11 is 3.67. The van der Waals surface area contributed by atoms with Gasteiger partial charge in [0, 0.05) is 19.5 Å². The van der Waals surface area contributed by atoms with Crippen LogP contribution in [-0.2, 0) is 19.9 Å². The molecule has 0 bridgehead atoms. The van der Waals surface area contributed by atoms with Gasteiger partial charge in [0.15, 0.2) is 0 Å². The number of hydrogen-bond acceptors (Lipinski definition) is 2. The highest BCUT2D eigenvalue weighted by molar-refractivity contribution is 9.10. The molecule has 18 heavy (non-hydrogen) atoms. The molecule has 1 saturated carbocycles. The van der Waals surface area contributed by atoms with Gasteiger partial charge in [0.2, 0.25) is 0 Å².